The molecule has 3 heterocycles. The second kappa shape index (κ2) is 19.2. The number of hydrogen-bond acceptors (Lipinski definition) is 12. The fourth-order valence-electron chi connectivity index (χ4n) is 9.26. The molecule has 66 heavy (non-hydrogen) atoms. The van der Waals surface area contributed by atoms with Gasteiger partial charge in [-0.3, -0.25) is 25.2 Å². The summed E-state index contributed by atoms with van der Waals surface area (Å²) in [6.07, 6.45) is -1.63. The Kier molecular flexibility index (Phi) is 12.8. The maximum absolute atomic E-state index is 13.3. The lowest BCUT2D eigenvalue weighted by Gasteiger charge is -2.37. The van der Waals surface area contributed by atoms with Gasteiger partial charge in [-0.1, -0.05) is 103 Å². The molecule has 1 fully saturated rings. The fourth-order valence-corrected chi connectivity index (χ4v) is 9.26. The lowest BCUT2D eigenvalue weighted by Crippen LogP contribution is -2.57. The van der Waals surface area contributed by atoms with Gasteiger partial charge in [-0.25, -0.2) is 9.79 Å². The standard InChI is InChI=1S/C51H52N6O9/c1-56(50(61)64-29-41-39-16-9-7-14-37(39)38-15-8-10-17-40(38)41)27-11-18-44(59)53-49-54-47-46(48(60)55-49)52-31-57(47)45-28-42(58)43(66-45)30-65-51(32-12-5-4-6-13-32,33-19-23-35(62-2)24-20-33)34-21-25-36(63-3)26-22-34/h4-10,12-17,19-26,31,41-43,45-47,58H,11,18,27-30H2,1-3H3,(H2,53,54,55,59,60)/t42-,43-,45-,46?,47?/m1/s1. The number of hydrogen-bond donors (Lipinski definition) is 3. The molecule has 9 rings (SSSR count). The van der Waals surface area contributed by atoms with Crippen molar-refractivity contribution in [3.05, 3.63) is 155 Å². The van der Waals surface area contributed by atoms with E-state index in [1.54, 1.807) is 26.2 Å². The van der Waals surface area contributed by atoms with Crippen LogP contribution in [0.4, 0.5) is 4.79 Å². The van der Waals surface area contributed by atoms with Crippen molar-refractivity contribution in [2.45, 2.75) is 61.4 Å². The van der Waals surface area contributed by atoms with Crippen LogP contribution in [0.25, 0.3) is 11.1 Å². The molecule has 0 radical (unpaired) electrons. The van der Waals surface area contributed by atoms with Crippen LogP contribution in [0.1, 0.15) is 53.0 Å². The average Bonchev–Trinajstić information content (AvgIpc) is 4.04. The summed E-state index contributed by atoms with van der Waals surface area (Å²) < 4.78 is 30.2. The maximum atomic E-state index is 13.3. The summed E-state index contributed by atoms with van der Waals surface area (Å²) in [4.78, 5) is 51.6. The van der Waals surface area contributed by atoms with Crippen molar-refractivity contribution < 1.29 is 43.2 Å². The second-order valence-corrected chi connectivity index (χ2v) is 16.7. The quantitative estimate of drug-likeness (QED) is 0.109. The highest BCUT2D eigenvalue weighted by Gasteiger charge is 2.48. The van der Waals surface area contributed by atoms with Gasteiger partial charge in [0.15, 0.2) is 12.2 Å². The van der Waals surface area contributed by atoms with Crippen LogP contribution < -0.4 is 20.1 Å². The van der Waals surface area contributed by atoms with Gasteiger partial charge >= 0.3 is 6.09 Å². The molecule has 15 heteroatoms. The van der Waals surface area contributed by atoms with Gasteiger partial charge in [0.2, 0.25) is 11.9 Å². The third kappa shape index (κ3) is 8.72. The molecule has 4 aliphatic rings. The van der Waals surface area contributed by atoms with Crippen molar-refractivity contribution in [1.29, 1.82) is 0 Å². The van der Waals surface area contributed by atoms with Crippen molar-refractivity contribution in [2.24, 2.45) is 9.98 Å². The second-order valence-electron chi connectivity index (χ2n) is 16.7. The first kappa shape index (κ1) is 44.1. The first-order valence-electron chi connectivity index (χ1n) is 22.0. The van der Waals surface area contributed by atoms with E-state index in [-0.39, 0.29) is 50.4 Å². The summed E-state index contributed by atoms with van der Waals surface area (Å²) in [5, 5.41) is 16.8. The third-order valence-corrected chi connectivity index (χ3v) is 12.7. The lowest BCUT2D eigenvalue weighted by molar-refractivity contribution is -0.124. The van der Waals surface area contributed by atoms with E-state index in [4.69, 9.17) is 23.7 Å². The number of aliphatic hydroxyl groups is 1. The van der Waals surface area contributed by atoms with Crippen LogP contribution in [-0.4, -0.2) is 117 Å². The molecule has 5 atom stereocenters. The fraction of sp³-hybridized carbons (Fsp3) is 0.314. The molecule has 5 aromatic carbocycles. The van der Waals surface area contributed by atoms with Crippen LogP contribution in [-0.2, 0) is 29.4 Å². The van der Waals surface area contributed by atoms with E-state index in [9.17, 15) is 19.5 Å². The molecule has 0 spiro atoms. The van der Waals surface area contributed by atoms with Crippen molar-refractivity contribution in [3.63, 3.8) is 0 Å². The predicted octanol–water partition coefficient (Wildman–Crippen LogP) is 5.79. The highest BCUT2D eigenvalue weighted by molar-refractivity contribution is 6.08. The zero-order valence-corrected chi connectivity index (χ0v) is 36.9. The van der Waals surface area contributed by atoms with E-state index in [1.807, 2.05) is 103 Å². The van der Waals surface area contributed by atoms with E-state index in [1.165, 1.54) is 11.2 Å². The van der Waals surface area contributed by atoms with Crippen molar-refractivity contribution in [1.82, 2.24) is 20.4 Å². The first-order valence-corrected chi connectivity index (χ1v) is 22.0. The zero-order valence-electron chi connectivity index (χ0n) is 36.9. The van der Waals surface area contributed by atoms with Crippen LogP contribution in [0.2, 0.25) is 0 Å². The summed E-state index contributed by atoms with van der Waals surface area (Å²) >= 11 is 0. The third-order valence-electron chi connectivity index (χ3n) is 12.7. The number of carbonyl (C=O) groups excluding carboxylic acids is 3. The Labute approximate surface area is 383 Å². The maximum Gasteiger partial charge on any atom is 0.409 e. The summed E-state index contributed by atoms with van der Waals surface area (Å²) in [6, 6.07) is 40.6. The van der Waals surface area contributed by atoms with Gasteiger partial charge in [0, 0.05) is 32.4 Å². The number of carbonyl (C=O) groups is 3. The van der Waals surface area contributed by atoms with E-state index < -0.39 is 48.2 Å². The number of benzene rings is 5. The Morgan fingerprint density at radius 1 is 0.833 bits per heavy atom. The van der Waals surface area contributed by atoms with E-state index in [2.05, 4.69) is 44.9 Å². The Bertz CT molecular complexity index is 2510. The number of aliphatic hydroxyl groups excluding tert-OH is 1. The Morgan fingerprint density at radius 2 is 1.42 bits per heavy atom. The predicted molar refractivity (Wildman–Crippen MR) is 246 cm³/mol. The van der Waals surface area contributed by atoms with Gasteiger partial charge < -0.3 is 38.6 Å². The molecular weight excluding hydrogens is 841 g/mol. The van der Waals surface area contributed by atoms with Gasteiger partial charge in [-0.15, -0.1) is 0 Å². The molecule has 1 saturated heterocycles. The zero-order chi connectivity index (χ0) is 45.8. The molecule has 3 amide bonds. The molecule has 2 unspecified atom stereocenters. The topological polar surface area (TPSA) is 173 Å². The molecule has 1 aliphatic carbocycles. The molecule has 5 aromatic rings. The minimum absolute atomic E-state index is 0.00869. The Morgan fingerprint density at radius 3 is 2.05 bits per heavy atom. The summed E-state index contributed by atoms with van der Waals surface area (Å²) in [7, 11) is 4.87. The summed E-state index contributed by atoms with van der Waals surface area (Å²) in [6.45, 7) is 0.461. The first-order chi connectivity index (χ1) is 32.2. The lowest BCUT2D eigenvalue weighted by atomic mass is 9.80. The number of rotatable bonds is 15. The van der Waals surface area contributed by atoms with Crippen molar-refractivity contribution >= 4 is 30.2 Å². The smallest absolute Gasteiger partial charge is 0.409 e. The molecule has 0 aromatic heterocycles. The van der Waals surface area contributed by atoms with E-state index >= 15 is 0 Å². The number of guanidine groups is 1. The van der Waals surface area contributed by atoms with Crippen molar-refractivity contribution in [2.75, 3.05) is 41.0 Å². The molecular formula is C51H52N6O9. The van der Waals surface area contributed by atoms with Crippen LogP contribution in [0.3, 0.4) is 0 Å². The van der Waals surface area contributed by atoms with Gasteiger partial charge in [0.05, 0.1) is 33.3 Å². The van der Waals surface area contributed by atoms with Gasteiger partial charge in [0.25, 0.3) is 5.91 Å². The van der Waals surface area contributed by atoms with Crippen molar-refractivity contribution in [3.8, 4) is 22.6 Å². The Balaban J connectivity index is 0.817. The molecule has 0 saturated carbocycles. The van der Waals surface area contributed by atoms with Crippen LogP contribution in [0.5, 0.6) is 11.5 Å². The number of aliphatic imine (C=N–C) groups is 2. The van der Waals surface area contributed by atoms with Gasteiger partial charge in [0.1, 0.15) is 36.0 Å². The summed E-state index contributed by atoms with van der Waals surface area (Å²) in [5.74, 6) is 0.475. The van der Waals surface area contributed by atoms with Crippen LogP contribution >= 0.6 is 0 Å². The van der Waals surface area contributed by atoms with E-state index in [0.717, 1.165) is 38.9 Å². The number of methoxy groups -OCH3 is 2. The molecule has 340 valence electrons. The SMILES string of the molecule is COc1ccc(C(OC[C@H]2O[C@@H](N3C=NC4C(=O)NC(NC(=O)CCCN(C)C(=O)OCC5c6ccccc6-c6ccccc65)=NC43)C[C@H]2O)(c2ccccc2)c2ccc(OC)cc2)cc1. The number of nitrogens with one attached hydrogen (secondary N) is 2. The number of nitrogens with zero attached hydrogens (tertiary/aromatic N) is 4. The largest absolute Gasteiger partial charge is 0.497 e. The highest BCUT2D eigenvalue weighted by atomic mass is 16.6. The minimum atomic E-state index is -1.13. The normalized spacial score (nSPS) is 20.7. The van der Waals surface area contributed by atoms with Crippen LogP contribution in [0.15, 0.2) is 137 Å². The minimum Gasteiger partial charge on any atom is -0.497 e. The van der Waals surface area contributed by atoms with Gasteiger partial charge in [-0.05, 0) is 69.6 Å². The highest BCUT2D eigenvalue weighted by Crippen LogP contribution is 2.45. The molecule has 15 nitrogen and oxygen atoms in total. The molecule has 3 aliphatic heterocycles. The molecule has 3 N–H and O–H groups in total. The average molecular weight is 893 g/mol. The number of fused-ring (bicyclic) bond motifs is 4. The number of ether oxygens (including phenoxy) is 5. The Hall–Kier alpha value is -7.07. The van der Waals surface area contributed by atoms with Gasteiger partial charge in [-0.2, -0.15) is 0 Å². The van der Waals surface area contributed by atoms with E-state index in [0.29, 0.717) is 17.9 Å². The van der Waals surface area contributed by atoms with Crippen LogP contribution in [0, 0.1) is 0 Å². The summed E-state index contributed by atoms with van der Waals surface area (Å²) in [5.41, 5.74) is 5.94. The monoisotopic (exact) mass is 892 g/mol. The number of amides is 3. The molecule has 0 bridgehead atoms.